The molecular weight excluding hydrogens is 440 g/mol. The Morgan fingerprint density at radius 3 is 2.72 bits per heavy atom. The van der Waals surface area contributed by atoms with Crippen molar-refractivity contribution in [2.75, 3.05) is 45.4 Å². The van der Waals surface area contributed by atoms with Crippen LogP contribution in [-0.2, 0) is 14.3 Å². The number of rotatable bonds is 12. The highest BCUT2D eigenvalue weighted by Crippen LogP contribution is 2.23. The maximum Gasteiger partial charge on any atom is 0.329 e. The van der Waals surface area contributed by atoms with E-state index in [4.69, 9.17) is 19.3 Å². The van der Waals surface area contributed by atoms with E-state index in [-0.39, 0.29) is 44.2 Å². The Morgan fingerprint density at radius 2 is 1.97 bits per heavy atom. The summed E-state index contributed by atoms with van der Waals surface area (Å²) in [5.74, 6) is -1.48. The SMILES string of the molecule is COc1ccc(NC(=O)c2cn3ccsc3n2)cc1C(=O)NCCOCCOCC(=O)O. The first-order chi connectivity index (χ1) is 15.5. The minimum absolute atomic E-state index is 0.143. The quantitative estimate of drug-likeness (QED) is 0.344. The van der Waals surface area contributed by atoms with E-state index in [0.29, 0.717) is 16.4 Å². The summed E-state index contributed by atoms with van der Waals surface area (Å²) in [4.78, 5) is 40.4. The van der Waals surface area contributed by atoms with E-state index >= 15 is 0 Å². The van der Waals surface area contributed by atoms with Crippen LogP contribution in [0.25, 0.3) is 4.96 Å². The van der Waals surface area contributed by atoms with Crippen molar-refractivity contribution in [3.63, 3.8) is 0 Å². The number of anilines is 1. The number of benzene rings is 1. The van der Waals surface area contributed by atoms with E-state index in [1.807, 2.05) is 11.6 Å². The van der Waals surface area contributed by atoms with Crippen molar-refractivity contribution in [1.29, 1.82) is 0 Å². The van der Waals surface area contributed by atoms with E-state index in [0.717, 1.165) is 0 Å². The number of carboxylic acids is 1. The first-order valence-corrected chi connectivity index (χ1v) is 10.4. The van der Waals surface area contributed by atoms with Gasteiger partial charge in [-0.3, -0.25) is 14.0 Å². The molecule has 2 aromatic heterocycles. The van der Waals surface area contributed by atoms with Gasteiger partial charge in [-0.2, -0.15) is 0 Å². The van der Waals surface area contributed by atoms with Crippen molar-refractivity contribution < 1.29 is 33.7 Å². The third kappa shape index (κ3) is 6.26. The zero-order valence-corrected chi connectivity index (χ0v) is 18.0. The number of fused-ring (bicyclic) bond motifs is 1. The zero-order valence-electron chi connectivity index (χ0n) is 17.2. The molecule has 3 rings (SSSR count). The molecule has 0 saturated carbocycles. The lowest BCUT2D eigenvalue weighted by Crippen LogP contribution is -2.28. The number of aromatic nitrogens is 2. The van der Waals surface area contributed by atoms with Crippen LogP contribution in [0.2, 0.25) is 0 Å². The molecule has 0 unspecified atom stereocenters. The molecule has 0 aliphatic carbocycles. The average Bonchev–Trinajstić information content (AvgIpc) is 3.37. The summed E-state index contributed by atoms with van der Waals surface area (Å²) in [6.45, 7) is 0.414. The lowest BCUT2D eigenvalue weighted by Gasteiger charge is -2.12. The van der Waals surface area contributed by atoms with Gasteiger partial charge in [0.2, 0.25) is 0 Å². The maximum atomic E-state index is 12.6. The number of carboxylic acid groups (broad SMARTS) is 1. The zero-order chi connectivity index (χ0) is 22.9. The van der Waals surface area contributed by atoms with Crippen LogP contribution in [0.5, 0.6) is 5.75 Å². The van der Waals surface area contributed by atoms with Crippen LogP contribution in [0.4, 0.5) is 5.69 Å². The number of amides is 2. The van der Waals surface area contributed by atoms with E-state index in [9.17, 15) is 14.4 Å². The van der Waals surface area contributed by atoms with Crippen molar-refractivity contribution >= 4 is 39.8 Å². The molecule has 0 fully saturated rings. The topological polar surface area (TPSA) is 140 Å². The lowest BCUT2D eigenvalue weighted by atomic mass is 10.1. The summed E-state index contributed by atoms with van der Waals surface area (Å²) in [6, 6.07) is 4.74. The molecule has 2 heterocycles. The molecule has 1 aromatic carbocycles. The van der Waals surface area contributed by atoms with E-state index < -0.39 is 17.8 Å². The van der Waals surface area contributed by atoms with Crippen molar-refractivity contribution in [1.82, 2.24) is 14.7 Å². The van der Waals surface area contributed by atoms with Gasteiger partial charge < -0.3 is 30.0 Å². The molecule has 0 atom stereocenters. The predicted octanol–water partition coefficient (Wildman–Crippen LogP) is 1.50. The number of hydrogen-bond donors (Lipinski definition) is 3. The Morgan fingerprint density at radius 1 is 1.16 bits per heavy atom. The second-order valence-electron chi connectivity index (χ2n) is 6.40. The molecule has 170 valence electrons. The largest absolute Gasteiger partial charge is 0.496 e. The van der Waals surface area contributed by atoms with Crippen LogP contribution < -0.4 is 15.4 Å². The molecule has 0 aliphatic heterocycles. The maximum absolute atomic E-state index is 12.6. The minimum Gasteiger partial charge on any atom is -0.496 e. The number of ether oxygens (including phenoxy) is 3. The van der Waals surface area contributed by atoms with Crippen LogP contribution in [0, 0.1) is 0 Å². The monoisotopic (exact) mass is 462 g/mol. The predicted molar refractivity (Wildman–Crippen MR) is 116 cm³/mol. The number of aliphatic carboxylic acids is 1. The lowest BCUT2D eigenvalue weighted by molar-refractivity contribution is -0.142. The Hall–Kier alpha value is -3.48. The third-order valence-electron chi connectivity index (χ3n) is 4.16. The molecule has 2 amide bonds. The van der Waals surface area contributed by atoms with Gasteiger partial charge >= 0.3 is 5.97 Å². The summed E-state index contributed by atoms with van der Waals surface area (Å²) in [5, 5.41) is 15.8. The van der Waals surface area contributed by atoms with Gasteiger partial charge in [0.25, 0.3) is 11.8 Å². The number of nitrogens with zero attached hydrogens (tertiary/aromatic N) is 2. The molecule has 0 bridgehead atoms. The van der Waals surface area contributed by atoms with Gasteiger partial charge in [0.05, 0.1) is 32.5 Å². The van der Waals surface area contributed by atoms with Crippen molar-refractivity contribution in [2.24, 2.45) is 0 Å². The highest BCUT2D eigenvalue weighted by molar-refractivity contribution is 7.15. The number of imidazole rings is 1. The number of methoxy groups -OCH3 is 1. The summed E-state index contributed by atoms with van der Waals surface area (Å²) in [6.07, 6.45) is 3.44. The smallest absolute Gasteiger partial charge is 0.329 e. The highest BCUT2D eigenvalue weighted by atomic mass is 32.1. The molecule has 0 radical (unpaired) electrons. The van der Waals surface area contributed by atoms with E-state index in [1.54, 1.807) is 22.7 Å². The first kappa shape index (κ1) is 23.2. The molecule has 0 saturated heterocycles. The van der Waals surface area contributed by atoms with Crippen molar-refractivity contribution in [3.05, 3.63) is 47.2 Å². The standard InChI is InChI=1S/C20H22N4O7S/c1-29-16-3-2-13(22-19(28)15-11-24-5-9-32-20(24)23-15)10-14(16)18(27)21-4-6-30-7-8-31-12-17(25)26/h2-3,5,9-11H,4,6-8,12H2,1H3,(H,21,27)(H,22,28)(H,25,26). The molecule has 0 aliphatic rings. The van der Waals surface area contributed by atoms with Crippen LogP contribution in [-0.4, -0.2) is 72.4 Å². The second-order valence-corrected chi connectivity index (χ2v) is 7.28. The van der Waals surface area contributed by atoms with Gasteiger partial charge in [0, 0.05) is 30.0 Å². The fraction of sp³-hybridized carbons (Fsp3) is 0.300. The molecule has 12 heteroatoms. The van der Waals surface area contributed by atoms with Crippen molar-refractivity contribution in [3.8, 4) is 5.75 Å². The Balaban J connectivity index is 1.52. The van der Waals surface area contributed by atoms with Gasteiger partial charge in [0.15, 0.2) is 4.96 Å². The fourth-order valence-corrected chi connectivity index (χ4v) is 3.41. The normalized spacial score (nSPS) is 10.8. The third-order valence-corrected chi connectivity index (χ3v) is 4.93. The van der Waals surface area contributed by atoms with Crippen LogP contribution in [0.3, 0.4) is 0 Å². The molecule has 3 N–H and O–H groups in total. The summed E-state index contributed by atoms with van der Waals surface area (Å²) < 4.78 is 17.1. The minimum atomic E-state index is -1.05. The van der Waals surface area contributed by atoms with Crippen LogP contribution in [0.15, 0.2) is 36.0 Å². The number of thiazole rings is 1. The molecule has 32 heavy (non-hydrogen) atoms. The van der Waals surface area contributed by atoms with Gasteiger partial charge in [-0.1, -0.05) is 0 Å². The summed E-state index contributed by atoms with van der Waals surface area (Å²) in [5.41, 5.74) is 0.938. The molecule has 3 aromatic rings. The number of carbonyl (C=O) groups excluding carboxylic acids is 2. The van der Waals surface area contributed by atoms with Gasteiger partial charge in [-0.15, -0.1) is 11.3 Å². The molecule has 11 nitrogen and oxygen atoms in total. The Kier molecular flexibility index (Phi) is 8.14. The Bertz CT molecular complexity index is 1070. The van der Waals surface area contributed by atoms with E-state index in [2.05, 4.69) is 15.6 Å². The van der Waals surface area contributed by atoms with Gasteiger partial charge in [0.1, 0.15) is 18.1 Å². The average molecular weight is 462 g/mol. The van der Waals surface area contributed by atoms with Crippen molar-refractivity contribution in [2.45, 2.75) is 0 Å². The number of carbonyl (C=O) groups is 3. The second kappa shape index (κ2) is 11.2. The van der Waals surface area contributed by atoms with Crippen LogP contribution in [0.1, 0.15) is 20.8 Å². The van der Waals surface area contributed by atoms with E-state index in [1.165, 1.54) is 24.5 Å². The van der Waals surface area contributed by atoms with Gasteiger partial charge in [-0.05, 0) is 18.2 Å². The van der Waals surface area contributed by atoms with Gasteiger partial charge in [-0.25, -0.2) is 9.78 Å². The summed E-state index contributed by atoms with van der Waals surface area (Å²) in [7, 11) is 1.45. The van der Waals surface area contributed by atoms with Crippen LogP contribution >= 0.6 is 11.3 Å². The summed E-state index contributed by atoms with van der Waals surface area (Å²) >= 11 is 1.42. The molecular formula is C20H22N4O7S. The fourth-order valence-electron chi connectivity index (χ4n) is 2.71. The Labute approximate surface area is 186 Å². The molecule has 0 spiro atoms. The number of nitrogens with one attached hydrogen (secondary N) is 2. The first-order valence-electron chi connectivity index (χ1n) is 9.55. The number of hydrogen-bond acceptors (Lipinski definition) is 8. The highest BCUT2D eigenvalue weighted by Gasteiger charge is 2.16.